The summed E-state index contributed by atoms with van der Waals surface area (Å²) in [6, 6.07) is 11.6. The lowest BCUT2D eigenvalue weighted by atomic mass is 10.1. The molecule has 15 heavy (non-hydrogen) atoms. The van der Waals surface area contributed by atoms with E-state index in [1.165, 1.54) is 4.90 Å². The molecule has 1 N–H and O–H groups in total. The molecule has 0 fully saturated rings. The summed E-state index contributed by atoms with van der Waals surface area (Å²) >= 11 is 1.71. The fourth-order valence-corrected chi connectivity index (χ4v) is 1.85. The predicted octanol–water partition coefficient (Wildman–Crippen LogP) is 2.76. The Labute approximate surface area is 92.4 Å². The van der Waals surface area contributed by atoms with Gasteiger partial charge in [0, 0.05) is 17.2 Å². The quantitative estimate of drug-likeness (QED) is 0.785. The number of aromatic amines is 1. The van der Waals surface area contributed by atoms with Gasteiger partial charge in [0.05, 0.1) is 0 Å². The molecule has 0 aliphatic carbocycles. The second-order valence-electron chi connectivity index (χ2n) is 3.17. The molecule has 2 aromatic rings. The van der Waals surface area contributed by atoms with Crippen molar-refractivity contribution >= 4 is 11.8 Å². The van der Waals surface area contributed by atoms with Crippen molar-refractivity contribution in [3.8, 4) is 11.1 Å². The Kier molecular flexibility index (Phi) is 2.92. The van der Waals surface area contributed by atoms with Crippen LogP contribution in [-0.4, -0.2) is 11.2 Å². The second-order valence-corrected chi connectivity index (χ2v) is 4.05. The normalized spacial score (nSPS) is 10.2. The number of nitrogens with one attached hydrogen (secondary N) is 1. The van der Waals surface area contributed by atoms with Gasteiger partial charge in [0.15, 0.2) is 0 Å². The molecule has 0 amide bonds. The van der Waals surface area contributed by atoms with Gasteiger partial charge in [0.1, 0.15) is 0 Å². The monoisotopic (exact) mass is 217 g/mol. The Morgan fingerprint density at radius 2 is 2.00 bits per heavy atom. The minimum absolute atomic E-state index is 0.0697. The van der Waals surface area contributed by atoms with Gasteiger partial charge in [-0.15, -0.1) is 11.8 Å². The summed E-state index contributed by atoms with van der Waals surface area (Å²) < 4.78 is 0. The van der Waals surface area contributed by atoms with E-state index in [9.17, 15) is 4.79 Å². The fraction of sp³-hybridized carbons (Fsp3) is 0.0833. The second kappa shape index (κ2) is 4.36. The Morgan fingerprint density at radius 3 is 2.67 bits per heavy atom. The zero-order chi connectivity index (χ0) is 10.7. The van der Waals surface area contributed by atoms with E-state index in [4.69, 9.17) is 0 Å². The van der Waals surface area contributed by atoms with Crippen LogP contribution in [-0.2, 0) is 0 Å². The molecule has 0 radical (unpaired) electrons. The van der Waals surface area contributed by atoms with Gasteiger partial charge in [-0.2, -0.15) is 0 Å². The van der Waals surface area contributed by atoms with Crippen molar-refractivity contribution in [2.75, 3.05) is 6.26 Å². The molecule has 0 aliphatic heterocycles. The van der Waals surface area contributed by atoms with Crippen molar-refractivity contribution in [1.82, 2.24) is 4.98 Å². The number of hydrogen-bond acceptors (Lipinski definition) is 2. The number of rotatable bonds is 2. The van der Waals surface area contributed by atoms with Crippen molar-refractivity contribution < 1.29 is 0 Å². The fourth-order valence-electron chi connectivity index (χ4n) is 1.39. The van der Waals surface area contributed by atoms with Gasteiger partial charge >= 0.3 is 0 Å². The minimum atomic E-state index is -0.0697. The molecule has 0 bridgehead atoms. The lowest BCUT2D eigenvalue weighted by Gasteiger charge is -2.02. The standard InChI is InChI=1S/C12H11NOS/c1-15-11-4-2-3-9(7-11)10-5-6-12(14)13-8-10/h2-8H,1H3,(H,13,14). The van der Waals surface area contributed by atoms with Crippen molar-refractivity contribution in [3.63, 3.8) is 0 Å². The molecule has 2 nitrogen and oxygen atoms in total. The first kappa shape index (κ1) is 10.1. The zero-order valence-corrected chi connectivity index (χ0v) is 9.17. The third kappa shape index (κ3) is 2.30. The van der Waals surface area contributed by atoms with Crippen molar-refractivity contribution in [3.05, 3.63) is 52.9 Å². The molecule has 76 valence electrons. The van der Waals surface area contributed by atoms with Crippen LogP contribution in [0.4, 0.5) is 0 Å². The summed E-state index contributed by atoms with van der Waals surface area (Å²) in [5.41, 5.74) is 2.09. The van der Waals surface area contributed by atoms with E-state index < -0.39 is 0 Å². The molecular formula is C12H11NOS. The largest absolute Gasteiger partial charge is 0.328 e. The van der Waals surface area contributed by atoms with Crippen LogP contribution in [0.5, 0.6) is 0 Å². The highest BCUT2D eigenvalue weighted by atomic mass is 32.2. The van der Waals surface area contributed by atoms with Crippen LogP contribution in [0.3, 0.4) is 0 Å². The van der Waals surface area contributed by atoms with E-state index in [1.807, 2.05) is 24.5 Å². The summed E-state index contributed by atoms with van der Waals surface area (Å²) in [5.74, 6) is 0. The van der Waals surface area contributed by atoms with E-state index in [1.54, 1.807) is 24.0 Å². The Morgan fingerprint density at radius 1 is 1.13 bits per heavy atom. The van der Waals surface area contributed by atoms with Crippen LogP contribution in [0.15, 0.2) is 52.3 Å². The number of benzene rings is 1. The van der Waals surface area contributed by atoms with E-state index >= 15 is 0 Å². The van der Waals surface area contributed by atoms with Gasteiger partial charge in [-0.3, -0.25) is 4.79 Å². The van der Waals surface area contributed by atoms with Gasteiger partial charge in [0.25, 0.3) is 0 Å². The molecular weight excluding hydrogens is 206 g/mol. The summed E-state index contributed by atoms with van der Waals surface area (Å²) in [6.45, 7) is 0. The first-order valence-corrected chi connectivity index (χ1v) is 5.85. The summed E-state index contributed by atoms with van der Waals surface area (Å²) in [4.78, 5) is 14.8. The Bertz CT molecular complexity index is 499. The molecule has 2 rings (SSSR count). The molecule has 0 atom stereocenters. The van der Waals surface area contributed by atoms with Gasteiger partial charge in [0.2, 0.25) is 5.56 Å². The molecule has 1 aromatic heterocycles. The molecule has 3 heteroatoms. The third-order valence-electron chi connectivity index (χ3n) is 2.19. The molecule has 1 heterocycles. The molecule has 0 aliphatic rings. The Hall–Kier alpha value is -1.48. The highest BCUT2D eigenvalue weighted by molar-refractivity contribution is 7.98. The van der Waals surface area contributed by atoms with Gasteiger partial charge < -0.3 is 4.98 Å². The maximum Gasteiger partial charge on any atom is 0.247 e. The lowest BCUT2D eigenvalue weighted by Crippen LogP contribution is -2.01. The van der Waals surface area contributed by atoms with Crippen LogP contribution in [0.2, 0.25) is 0 Å². The average Bonchev–Trinajstić information content (AvgIpc) is 2.30. The van der Waals surface area contributed by atoms with Crippen molar-refractivity contribution in [2.24, 2.45) is 0 Å². The van der Waals surface area contributed by atoms with E-state index in [0.29, 0.717) is 0 Å². The number of aromatic nitrogens is 1. The average molecular weight is 217 g/mol. The van der Waals surface area contributed by atoms with Crippen LogP contribution in [0, 0.1) is 0 Å². The van der Waals surface area contributed by atoms with Gasteiger partial charge in [-0.05, 0) is 35.6 Å². The number of hydrogen-bond donors (Lipinski definition) is 1. The maximum absolute atomic E-state index is 10.9. The van der Waals surface area contributed by atoms with Crippen LogP contribution in [0.1, 0.15) is 0 Å². The lowest BCUT2D eigenvalue weighted by molar-refractivity contribution is 1.24. The first-order chi connectivity index (χ1) is 7.29. The SMILES string of the molecule is CSc1cccc(-c2ccc(=O)[nH]c2)c1. The van der Waals surface area contributed by atoms with Crippen LogP contribution < -0.4 is 5.56 Å². The topological polar surface area (TPSA) is 32.9 Å². The van der Waals surface area contributed by atoms with Gasteiger partial charge in [-0.25, -0.2) is 0 Å². The molecule has 0 saturated carbocycles. The maximum atomic E-state index is 10.9. The summed E-state index contributed by atoms with van der Waals surface area (Å²) in [6.07, 6.45) is 3.79. The van der Waals surface area contributed by atoms with E-state index in [-0.39, 0.29) is 5.56 Å². The van der Waals surface area contributed by atoms with E-state index in [0.717, 1.165) is 11.1 Å². The highest BCUT2D eigenvalue weighted by Gasteiger charge is 1.98. The van der Waals surface area contributed by atoms with E-state index in [2.05, 4.69) is 17.1 Å². The van der Waals surface area contributed by atoms with Gasteiger partial charge in [-0.1, -0.05) is 12.1 Å². The molecule has 0 spiro atoms. The third-order valence-corrected chi connectivity index (χ3v) is 2.91. The predicted molar refractivity (Wildman–Crippen MR) is 64.3 cm³/mol. The molecule has 0 unspecified atom stereocenters. The van der Waals surface area contributed by atoms with Crippen molar-refractivity contribution in [2.45, 2.75) is 4.90 Å². The van der Waals surface area contributed by atoms with Crippen LogP contribution >= 0.6 is 11.8 Å². The molecule has 1 aromatic carbocycles. The summed E-state index contributed by atoms with van der Waals surface area (Å²) in [5, 5.41) is 0. The minimum Gasteiger partial charge on any atom is -0.328 e. The smallest absolute Gasteiger partial charge is 0.247 e. The van der Waals surface area contributed by atoms with Crippen molar-refractivity contribution in [1.29, 1.82) is 0 Å². The zero-order valence-electron chi connectivity index (χ0n) is 8.36. The summed E-state index contributed by atoms with van der Waals surface area (Å²) in [7, 11) is 0. The number of thioether (sulfide) groups is 1. The number of pyridine rings is 1. The Balaban J connectivity index is 2.44. The van der Waals surface area contributed by atoms with Crippen LogP contribution in [0.25, 0.3) is 11.1 Å². The highest BCUT2D eigenvalue weighted by Crippen LogP contribution is 2.23. The number of H-pyrrole nitrogens is 1. The molecule has 0 saturated heterocycles. The first-order valence-electron chi connectivity index (χ1n) is 4.63.